The van der Waals surface area contributed by atoms with E-state index in [1.54, 1.807) is 6.20 Å². The highest BCUT2D eigenvalue weighted by Crippen LogP contribution is 1.93. The van der Waals surface area contributed by atoms with E-state index in [0.717, 1.165) is 19.6 Å². The van der Waals surface area contributed by atoms with Crippen LogP contribution >= 0.6 is 0 Å². The molecule has 0 aliphatic heterocycles. The molecule has 0 saturated heterocycles. The number of rotatable bonds is 6. The maximum Gasteiger partial charge on any atom is 0.0642 e. The van der Waals surface area contributed by atoms with Crippen LogP contribution in [0.3, 0.4) is 0 Å². The normalized spacial score (nSPS) is 12.6. The summed E-state index contributed by atoms with van der Waals surface area (Å²) in [5.41, 5.74) is 0. The van der Waals surface area contributed by atoms with Crippen LogP contribution in [0.25, 0.3) is 0 Å². The summed E-state index contributed by atoms with van der Waals surface area (Å²) in [6.07, 6.45) is 3.14. The summed E-state index contributed by atoms with van der Waals surface area (Å²) in [6, 6.07) is 0. The van der Waals surface area contributed by atoms with Gasteiger partial charge in [0.15, 0.2) is 0 Å². The zero-order valence-electron chi connectivity index (χ0n) is 6.89. The summed E-state index contributed by atoms with van der Waals surface area (Å²) in [5, 5.41) is 2.97. The molecule has 2 nitrogen and oxygen atoms in total. The van der Waals surface area contributed by atoms with Crippen LogP contribution in [0.2, 0.25) is 0 Å². The van der Waals surface area contributed by atoms with Crippen molar-refractivity contribution >= 4 is 0 Å². The lowest BCUT2D eigenvalue weighted by Crippen LogP contribution is -2.17. The summed E-state index contributed by atoms with van der Waals surface area (Å²) in [4.78, 5) is 0. The Balaban J connectivity index is 2.95. The maximum absolute atomic E-state index is 5.38. The van der Waals surface area contributed by atoms with Crippen molar-refractivity contribution in [3.63, 3.8) is 0 Å². The minimum atomic E-state index is 0.381. The Morgan fingerprint density at radius 2 is 2.40 bits per heavy atom. The third-order valence-electron chi connectivity index (χ3n) is 1.37. The van der Waals surface area contributed by atoms with Crippen LogP contribution in [0.4, 0.5) is 0 Å². The van der Waals surface area contributed by atoms with Gasteiger partial charge in [0.2, 0.25) is 0 Å². The Labute approximate surface area is 63.3 Å². The Hall–Kier alpha value is -0.500. The average Bonchev–Trinajstić information content (AvgIpc) is 1.98. The van der Waals surface area contributed by atoms with E-state index in [1.165, 1.54) is 0 Å². The van der Waals surface area contributed by atoms with E-state index in [9.17, 15) is 0 Å². The molecule has 0 heterocycles. The van der Waals surface area contributed by atoms with E-state index in [4.69, 9.17) is 4.74 Å². The van der Waals surface area contributed by atoms with E-state index in [2.05, 4.69) is 25.7 Å². The number of ether oxygens (including phenoxy) is 1. The Morgan fingerprint density at radius 1 is 1.70 bits per heavy atom. The van der Waals surface area contributed by atoms with Crippen LogP contribution in [0.1, 0.15) is 20.3 Å². The van der Waals surface area contributed by atoms with E-state index in [-0.39, 0.29) is 0 Å². The topological polar surface area (TPSA) is 21.3 Å². The first-order valence-electron chi connectivity index (χ1n) is 3.77. The Bertz CT molecular complexity index is 83.3. The molecule has 0 saturated carbocycles. The lowest BCUT2D eigenvalue weighted by molar-refractivity contribution is 0.0671. The molecule has 1 unspecified atom stereocenters. The van der Waals surface area contributed by atoms with Crippen molar-refractivity contribution in [2.75, 3.05) is 13.2 Å². The molecule has 0 aromatic heterocycles. The molecule has 60 valence electrons. The fourth-order valence-electron chi connectivity index (χ4n) is 0.539. The van der Waals surface area contributed by atoms with Crippen molar-refractivity contribution in [3.8, 4) is 0 Å². The lowest BCUT2D eigenvalue weighted by Gasteiger charge is -2.09. The molecule has 1 atom stereocenters. The third kappa shape index (κ3) is 5.63. The molecule has 0 amide bonds. The van der Waals surface area contributed by atoms with Crippen LogP contribution in [0, 0.1) is 0 Å². The van der Waals surface area contributed by atoms with Gasteiger partial charge in [-0.25, -0.2) is 0 Å². The molecule has 0 fully saturated rings. The lowest BCUT2D eigenvalue weighted by atomic mass is 10.3. The fourth-order valence-corrected chi connectivity index (χ4v) is 0.539. The van der Waals surface area contributed by atoms with Crippen molar-refractivity contribution in [3.05, 3.63) is 12.8 Å². The van der Waals surface area contributed by atoms with Crippen molar-refractivity contribution in [1.82, 2.24) is 5.32 Å². The highest BCUT2D eigenvalue weighted by Gasteiger charge is 1.94. The van der Waals surface area contributed by atoms with Crippen LogP contribution in [0.15, 0.2) is 12.8 Å². The highest BCUT2D eigenvalue weighted by atomic mass is 16.5. The summed E-state index contributed by atoms with van der Waals surface area (Å²) in [5.74, 6) is 0. The smallest absolute Gasteiger partial charge is 0.0642 e. The Kier molecular flexibility index (Phi) is 6.29. The first-order chi connectivity index (χ1) is 4.81. The Morgan fingerprint density at radius 3 is 2.90 bits per heavy atom. The number of hydrogen-bond donors (Lipinski definition) is 1. The van der Waals surface area contributed by atoms with Gasteiger partial charge in [-0.15, -0.1) is 0 Å². The molecular weight excluding hydrogens is 126 g/mol. The zero-order valence-corrected chi connectivity index (χ0v) is 6.89. The van der Waals surface area contributed by atoms with Crippen molar-refractivity contribution in [2.24, 2.45) is 0 Å². The molecule has 0 aliphatic rings. The second-order valence-electron chi connectivity index (χ2n) is 2.25. The van der Waals surface area contributed by atoms with Gasteiger partial charge < -0.3 is 10.1 Å². The van der Waals surface area contributed by atoms with Gasteiger partial charge in [0.25, 0.3) is 0 Å². The predicted molar refractivity (Wildman–Crippen MR) is 43.9 cm³/mol. The minimum absolute atomic E-state index is 0.381. The molecule has 0 bridgehead atoms. The second kappa shape index (κ2) is 6.62. The molecule has 0 aliphatic carbocycles. The van der Waals surface area contributed by atoms with E-state index in [1.807, 2.05) is 0 Å². The largest absolute Gasteiger partial charge is 0.389 e. The molecule has 0 rings (SSSR count). The van der Waals surface area contributed by atoms with Crippen molar-refractivity contribution in [1.29, 1.82) is 0 Å². The van der Waals surface area contributed by atoms with Gasteiger partial charge in [-0.2, -0.15) is 0 Å². The monoisotopic (exact) mass is 143 g/mol. The zero-order chi connectivity index (χ0) is 7.82. The third-order valence-corrected chi connectivity index (χ3v) is 1.37. The van der Waals surface area contributed by atoms with E-state index >= 15 is 0 Å². The second-order valence-corrected chi connectivity index (χ2v) is 2.25. The minimum Gasteiger partial charge on any atom is -0.389 e. The molecule has 0 aromatic rings. The number of hydrogen-bond acceptors (Lipinski definition) is 2. The van der Waals surface area contributed by atoms with Gasteiger partial charge in [-0.3, -0.25) is 0 Å². The van der Waals surface area contributed by atoms with Crippen LogP contribution in [0.5, 0.6) is 0 Å². The van der Waals surface area contributed by atoms with Crippen molar-refractivity contribution in [2.45, 2.75) is 26.4 Å². The molecule has 0 radical (unpaired) electrons. The summed E-state index contributed by atoms with van der Waals surface area (Å²) >= 11 is 0. The number of nitrogens with one attached hydrogen (secondary N) is 1. The summed E-state index contributed by atoms with van der Waals surface area (Å²) in [7, 11) is 0. The van der Waals surface area contributed by atoms with Gasteiger partial charge in [-0.1, -0.05) is 13.5 Å². The van der Waals surface area contributed by atoms with Crippen LogP contribution in [-0.4, -0.2) is 19.3 Å². The van der Waals surface area contributed by atoms with Gasteiger partial charge in [-0.05, 0) is 19.5 Å². The SMILES string of the molecule is C=CNCCOC(C)CC. The molecule has 1 N–H and O–H groups in total. The molecule has 10 heavy (non-hydrogen) atoms. The molecule has 2 heteroatoms. The summed E-state index contributed by atoms with van der Waals surface area (Å²) in [6.45, 7) is 9.34. The van der Waals surface area contributed by atoms with Crippen LogP contribution < -0.4 is 5.32 Å². The standard InChI is InChI=1S/C8H17NO/c1-4-8(3)10-7-6-9-5-2/h5,8-9H,2,4,6-7H2,1,3H3. The van der Waals surface area contributed by atoms with Gasteiger partial charge in [0, 0.05) is 6.54 Å². The maximum atomic E-state index is 5.38. The van der Waals surface area contributed by atoms with Gasteiger partial charge >= 0.3 is 0 Å². The van der Waals surface area contributed by atoms with Crippen LogP contribution in [-0.2, 0) is 4.74 Å². The highest BCUT2D eigenvalue weighted by molar-refractivity contribution is 4.61. The summed E-state index contributed by atoms with van der Waals surface area (Å²) < 4.78 is 5.38. The quantitative estimate of drug-likeness (QED) is 0.569. The molecular formula is C8H17NO. The molecule has 0 aromatic carbocycles. The van der Waals surface area contributed by atoms with E-state index in [0.29, 0.717) is 6.10 Å². The van der Waals surface area contributed by atoms with Gasteiger partial charge in [0.05, 0.1) is 12.7 Å². The van der Waals surface area contributed by atoms with Gasteiger partial charge in [0.1, 0.15) is 0 Å². The first-order valence-corrected chi connectivity index (χ1v) is 3.77. The van der Waals surface area contributed by atoms with E-state index < -0.39 is 0 Å². The predicted octanol–water partition coefficient (Wildman–Crippen LogP) is 1.53. The average molecular weight is 143 g/mol. The van der Waals surface area contributed by atoms with Crippen molar-refractivity contribution < 1.29 is 4.74 Å². The first kappa shape index (κ1) is 9.50. The fraction of sp³-hybridized carbons (Fsp3) is 0.750. The molecule has 0 spiro atoms.